The first-order valence-corrected chi connectivity index (χ1v) is 10.6. The minimum absolute atomic E-state index is 0.0330. The third kappa shape index (κ3) is 6.72. The Morgan fingerprint density at radius 2 is 0.810 bits per heavy atom. The molecule has 0 saturated carbocycles. The van der Waals surface area contributed by atoms with Gasteiger partial charge in [0.25, 0.3) is 5.92 Å². The number of nitrogens with zero attached hydrogens (tertiary/aromatic N) is 2. The predicted molar refractivity (Wildman–Crippen MR) is 112 cm³/mol. The lowest BCUT2D eigenvalue weighted by molar-refractivity contribution is 0.00783. The van der Waals surface area contributed by atoms with Crippen LogP contribution in [0.2, 0.25) is 0 Å². The smallest absolute Gasteiger partial charge is 0.205 e. The van der Waals surface area contributed by atoms with Gasteiger partial charge in [-0.3, -0.25) is 0 Å². The average molecular weight is 624 g/mol. The summed E-state index contributed by atoms with van der Waals surface area (Å²) in [6, 6.07) is 2.57. The largest absolute Gasteiger partial charge is 0.276 e. The van der Waals surface area contributed by atoms with Crippen LogP contribution < -0.4 is 0 Å². The van der Waals surface area contributed by atoms with E-state index in [0.29, 0.717) is 0 Å². The number of halogens is 15. The number of rotatable bonds is 2. The molecule has 17 heteroatoms. The van der Waals surface area contributed by atoms with E-state index in [1.807, 2.05) is 0 Å². The average Bonchev–Trinajstić information content (AvgIpc) is 2.93. The van der Waals surface area contributed by atoms with E-state index in [2.05, 4.69) is 0 Å². The molecule has 42 heavy (non-hydrogen) atoms. The number of hydrogen-bond donors (Lipinski definition) is 0. The van der Waals surface area contributed by atoms with Crippen LogP contribution >= 0.6 is 0 Å². The summed E-state index contributed by atoms with van der Waals surface area (Å²) in [6.07, 6.45) is -0.244. The molecule has 0 heterocycles. The van der Waals surface area contributed by atoms with Crippen molar-refractivity contribution in [3.8, 4) is 12.1 Å². The standard InChI is InChI=1S/C9H3F3N2.C8H3F7.C8H5F5/c1-4-7(10)5(2-13)6(3-14)9(12)8(4)11;1-8(14,15)2-3(9)5(11)7(13)6(12)4(2)10;1-2-3-4(9)6(11)8(13)7(12)5(3)10/h1H3;1H3;2H2,1H3. The maximum absolute atomic E-state index is 13.1. The molecule has 0 N–H and O–H groups in total. The second kappa shape index (κ2) is 13.5. The molecule has 0 aromatic heterocycles. The topological polar surface area (TPSA) is 47.6 Å². The third-order valence-corrected chi connectivity index (χ3v) is 5.07. The zero-order valence-corrected chi connectivity index (χ0v) is 20.8. The van der Waals surface area contributed by atoms with E-state index in [-0.39, 0.29) is 13.3 Å². The van der Waals surface area contributed by atoms with Gasteiger partial charge >= 0.3 is 0 Å². The Kier molecular flexibility index (Phi) is 11.4. The Bertz CT molecular complexity index is 1510. The van der Waals surface area contributed by atoms with Crippen LogP contribution in [0.4, 0.5) is 65.9 Å². The van der Waals surface area contributed by atoms with Crippen LogP contribution in [-0.4, -0.2) is 0 Å². The van der Waals surface area contributed by atoms with Crippen molar-refractivity contribution in [3.05, 3.63) is 103 Å². The highest BCUT2D eigenvalue weighted by Crippen LogP contribution is 2.35. The van der Waals surface area contributed by atoms with Crippen molar-refractivity contribution in [2.75, 3.05) is 0 Å². The summed E-state index contributed by atoms with van der Waals surface area (Å²) in [5, 5.41) is 16.8. The summed E-state index contributed by atoms with van der Waals surface area (Å²) < 4.78 is 189. The van der Waals surface area contributed by atoms with Gasteiger partial charge in [0.2, 0.25) is 11.6 Å². The van der Waals surface area contributed by atoms with Gasteiger partial charge in [0.15, 0.2) is 58.2 Å². The Hall–Kier alpha value is -4.41. The van der Waals surface area contributed by atoms with E-state index in [4.69, 9.17) is 10.5 Å². The number of benzene rings is 3. The minimum Gasteiger partial charge on any atom is -0.205 e. The van der Waals surface area contributed by atoms with Crippen molar-refractivity contribution < 1.29 is 65.9 Å². The molecule has 0 spiro atoms. The summed E-state index contributed by atoms with van der Waals surface area (Å²) in [5.74, 6) is -29.9. The molecule has 0 amide bonds. The van der Waals surface area contributed by atoms with Gasteiger partial charge in [-0.05, 0) is 13.3 Å². The molecule has 0 aliphatic rings. The van der Waals surface area contributed by atoms with Crippen LogP contribution in [0.5, 0.6) is 0 Å². The molecule has 0 fully saturated rings. The molecular formula is C25H11F15N2. The van der Waals surface area contributed by atoms with Gasteiger partial charge in [-0.25, -0.2) is 65.9 Å². The summed E-state index contributed by atoms with van der Waals surface area (Å²) in [6.45, 7) is 2.33. The molecule has 0 saturated heterocycles. The molecule has 0 aliphatic heterocycles. The number of nitriles is 2. The SMILES string of the molecule is CC(F)(F)c1c(F)c(F)c(F)c(F)c1F.CCc1c(F)c(F)c(F)c(F)c1F.Cc1c(F)c(F)c(C#N)c(C#N)c1F. The molecule has 2 nitrogen and oxygen atoms in total. The van der Waals surface area contributed by atoms with E-state index in [0.717, 1.165) is 6.92 Å². The fourth-order valence-electron chi connectivity index (χ4n) is 2.94. The van der Waals surface area contributed by atoms with Crippen LogP contribution in [0.25, 0.3) is 0 Å². The molecule has 3 aromatic rings. The van der Waals surface area contributed by atoms with Crippen LogP contribution in [0.3, 0.4) is 0 Å². The van der Waals surface area contributed by atoms with E-state index < -0.39 is 109 Å². The van der Waals surface area contributed by atoms with E-state index in [1.165, 1.54) is 19.1 Å². The quantitative estimate of drug-likeness (QED) is 0.163. The first kappa shape index (κ1) is 35.6. The maximum atomic E-state index is 13.1. The van der Waals surface area contributed by atoms with Crippen molar-refractivity contribution >= 4 is 0 Å². The number of alkyl halides is 2. The Morgan fingerprint density at radius 1 is 0.500 bits per heavy atom. The molecule has 0 unspecified atom stereocenters. The second-order valence-corrected chi connectivity index (χ2v) is 7.78. The van der Waals surface area contributed by atoms with Gasteiger partial charge in [-0.2, -0.15) is 10.5 Å². The summed E-state index contributed by atoms with van der Waals surface area (Å²) in [5.41, 5.74) is -5.16. The number of hydrogen-bond acceptors (Lipinski definition) is 2. The zero-order chi connectivity index (χ0) is 33.0. The van der Waals surface area contributed by atoms with Crippen molar-refractivity contribution in [2.24, 2.45) is 0 Å². The Labute approximate surface area is 225 Å². The first-order chi connectivity index (χ1) is 19.2. The van der Waals surface area contributed by atoms with Crippen LogP contribution in [0, 0.1) is 105 Å². The summed E-state index contributed by atoms with van der Waals surface area (Å²) >= 11 is 0. The third-order valence-electron chi connectivity index (χ3n) is 5.07. The van der Waals surface area contributed by atoms with Gasteiger partial charge in [0.05, 0.1) is 5.56 Å². The van der Waals surface area contributed by atoms with E-state index in [1.54, 1.807) is 0 Å². The van der Waals surface area contributed by atoms with Crippen molar-refractivity contribution in [3.63, 3.8) is 0 Å². The van der Waals surface area contributed by atoms with E-state index >= 15 is 0 Å². The summed E-state index contributed by atoms with van der Waals surface area (Å²) in [7, 11) is 0. The van der Waals surface area contributed by atoms with Gasteiger partial charge in [0.1, 0.15) is 29.1 Å². The Morgan fingerprint density at radius 3 is 1.12 bits per heavy atom. The van der Waals surface area contributed by atoms with Crippen LogP contribution in [0.1, 0.15) is 41.7 Å². The second-order valence-electron chi connectivity index (χ2n) is 7.78. The van der Waals surface area contributed by atoms with Crippen LogP contribution in [-0.2, 0) is 12.3 Å². The molecule has 0 aliphatic carbocycles. The predicted octanol–water partition coefficient (Wildman–Crippen LogP) is 8.59. The molecule has 3 aromatic carbocycles. The molecule has 0 atom stereocenters. The highest BCUT2D eigenvalue weighted by molar-refractivity contribution is 5.49. The molecule has 0 bridgehead atoms. The van der Waals surface area contributed by atoms with Gasteiger partial charge < -0.3 is 0 Å². The van der Waals surface area contributed by atoms with E-state index in [9.17, 15) is 65.9 Å². The lowest BCUT2D eigenvalue weighted by atomic mass is 10.0. The normalized spacial score (nSPS) is 10.7. The zero-order valence-electron chi connectivity index (χ0n) is 20.8. The monoisotopic (exact) mass is 624 g/mol. The minimum atomic E-state index is -4.15. The summed E-state index contributed by atoms with van der Waals surface area (Å²) in [4.78, 5) is 0. The van der Waals surface area contributed by atoms with Crippen LogP contribution in [0.15, 0.2) is 0 Å². The fraction of sp³-hybridized carbons (Fsp3) is 0.200. The first-order valence-electron chi connectivity index (χ1n) is 10.6. The van der Waals surface area contributed by atoms with Crippen molar-refractivity contribution in [1.29, 1.82) is 10.5 Å². The Balaban J connectivity index is 0.000000316. The van der Waals surface area contributed by atoms with Crippen molar-refractivity contribution in [1.82, 2.24) is 0 Å². The fourth-order valence-corrected chi connectivity index (χ4v) is 2.94. The maximum Gasteiger partial charge on any atom is 0.276 e. The highest BCUT2D eigenvalue weighted by Gasteiger charge is 2.38. The van der Waals surface area contributed by atoms with Gasteiger partial charge in [0, 0.05) is 18.1 Å². The lowest BCUT2D eigenvalue weighted by Gasteiger charge is -2.13. The molecule has 0 radical (unpaired) electrons. The molecular weight excluding hydrogens is 613 g/mol. The molecule has 3 rings (SSSR count). The molecule has 226 valence electrons. The van der Waals surface area contributed by atoms with Crippen molar-refractivity contribution in [2.45, 2.75) is 33.1 Å². The highest BCUT2D eigenvalue weighted by atomic mass is 19.3. The lowest BCUT2D eigenvalue weighted by Crippen LogP contribution is -2.17. The van der Waals surface area contributed by atoms with Gasteiger partial charge in [-0.15, -0.1) is 0 Å². The van der Waals surface area contributed by atoms with Gasteiger partial charge in [-0.1, -0.05) is 6.92 Å².